The smallest absolute Gasteiger partial charge is 0.228 e. The van der Waals surface area contributed by atoms with Crippen molar-refractivity contribution in [2.45, 2.75) is 23.2 Å². The number of allylic oxidation sites excluding steroid dienone is 1. The van der Waals surface area contributed by atoms with Crippen LogP contribution in [0.4, 0.5) is 0 Å². The van der Waals surface area contributed by atoms with Crippen molar-refractivity contribution in [1.29, 1.82) is 5.26 Å². The van der Waals surface area contributed by atoms with Crippen molar-refractivity contribution in [2.24, 2.45) is 10.9 Å². The summed E-state index contributed by atoms with van der Waals surface area (Å²) in [4.78, 5) is 18.9. The van der Waals surface area contributed by atoms with Gasteiger partial charge in [-0.05, 0) is 29.3 Å². The molecule has 7 heteroatoms. The molecule has 0 aromatic heterocycles. The molecule has 1 saturated heterocycles. The second kappa shape index (κ2) is 8.56. The summed E-state index contributed by atoms with van der Waals surface area (Å²) in [7, 11) is 4.82. The molecule has 174 valence electrons. The van der Waals surface area contributed by atoms with E-state index in [4.69, 9.17) is 4.74 Å². The van der Waals surface area contributed by atoms with Gasteiger partial charge in [-0.25, -0.2) is 0 Å². The molecule has 0 bridgehead atoms. The normalized spacial score (nSPS) is 31.4. The molecule has 2 aromatic rings. The number of benzene rings is 2. The van der Waals surface area contributed by atoms with Crippen LogP contribution in [0.15, 0.2) is 83.6 Å². The molecule has 1 aliphatic carbocycles. The van der Waals surface area contributed by atoms with Gasteiger partial charge in [0.05, 0.1) is 17.6 Å². The van der Waals surface area contributed by atoms with E-state index in [1.165, 1.54) is 11.1 Å². The third kappa shape index (κ3) is 3.11. The topological polar surface area (TPSA) is 106 Å². The van der Waals surface area contributed by atoms with Crippen LogP contribution in [-0.4, -0.2) is 60.1 Å². The van der Waals surface area contributed by atoms with Crippen LogP contribution in [0.1, 0.15) is 22.6 Å². The van der Waals surface area contributed by atoms with Crippen molar-refractivity contribution in [3.8, 4) is 6.07 Å². The molecule has 1 saturated carbocycles. The van der Waals surface area contributed by atoms with Gasteiger partial charge in [0.2, 0.25) is 5.91 Å². The number of carbonyl (C=O) groups is 1. The Morgan fingerprint density at radius 1 is 1.21 bits per heavy atom. The number of carbonyl (C=O) groups excluding carboxylic acids is 1. The van der Waals surface area contributed by atoms with Gasteiger partial charge in [0.1, 0.15) is 11.9 Å². The first-order chi connectivity index (χ1) is 16.2. The molecule has 34 heavy (non-hydrogen) atoms. The number of amides is 1. The molecule has 2 fully saturated rings. The van der Waals surface area contributed by atoms with Crippen molar-refractivity contribution in [1.82, 2.24) is 4.90 Å². The van der Waals surface area contributed by atoms with E-state index in [0.29, 0.717) is 11.1 Å². The summed E-state index contributed by atoms with van der Waals surface area (Å²) < 4.78 is 6.45. The van der Waals surface area contributed by atoms with Gasteiger partial charge in [0.25, 0.3) is 0 Å². The van der Waals surface area contributed by atoms with Crippen molar-refractivity contribution in [3.63, 3.8) is 0 Å². The lowest BCUT2D eigenvalue weighted by Crippen LogP contribution is -2.53. The maximum absolute atomic E-state index is 13.5. The minimum atomic E-state index is -2.02. The summed E-state index contributed by atoms with van der Waals surface area (Å²) in [6, 6.07) is 18.0. The highest BCUT2D eigenvalue weighted by Crippen LogP contribution is 2.67. The second-order valence-electron chi connectivity index (χ2n) is 8.80. The van der Waals surface area contributed by atoms with Crippen LogP contribution in [0.5, 0.6) is 0 Å². The maximum atomic E-state index is 13.5. The SMILES string of the molecule is C=C1O[C@@]2(c3ccc(C#N)cc3)[C@H](c3ccccc3)[C@@H](C(=O)N(C)C)[C@@H](O)[C@@]2(O)/C1=C/C=N\C. The fraction of sp³-hybridized carbons (Fsp3) is 0.296. The Morgan fingerprint density at radius 2 is 1.85 bits per heavy atom. The second-order valence-corrected chi connectivity index (χ2v) is 8.80. The number of fused-ring (bicyclic) bond motifs is 1. The van der Waals surface area contributed by atoms with Crippen molar-refractivity contribution in [2.75, 3.05) is 21.1 Å². The number of nitriles is 1. The highest BCUT2D eigenvalue weighted by Gasteiger charge is 2.78. The molecule has 7 nitrogen and oxygen atoms in total. The van der Waals surface area contributed by atoms with Crippen molar-refractivity contribution >= 4 is 12.1 Å². The standard InChI is InChI=1S/C27H27N3O4/c1-17-21(14-15-29-2)26(33)24(31)22(25(32)30(3)4)23(19-8-6-5-7-9-19)27(26,34-17)20-12-10-18(16-28)11-13-20/h5-15,22-24,31,33H,1H2,2-4H3/b21-14+,29-15-/t22-,23-,24-,26+,27+/m1/s1. The first-order valence-electron chi connectivity index (χ1n) is 10.9. The zero-order chi connectivity index (χ0) is 24.7. The number of aliphatic imine (C=N–C) groups is 1. The molecule has 2 aliphatic rings. The Kier molecular flexibility index (Phi) is 5.90. The third-order valence-electron chi connectivity index (χ3n) is 6.84. The third-order valence-corrected chi connectivity index (χ3v) is 6.84. The lowest BCUT2D eigenvalue weighted by Gasteiger charge is -2.40. The Balaban J connectivity index is 2.10. The van der Waals surface area contributed by atoms with Gasteiger partial charge in [-0.15, -0.1) is 0 Å². The van der Waals surface area contributed by atoms with Crippen LogP contribution < -0.4 is 0 Å². The van der Waals surface area contributed by atoms with Crippen molar-refractivity contribution < 1.29 is 19.7 Å². The fourth-order valence-electron chi connectivity index (χ4n) is 5.41. The van der Waals surface area contributed by atoms with Gasteiger partial charge in [-0.1, -0.05) is 49.0 Å². The van der Waals surface area contributed by atoms with Gasteiger partial charge < -0.3 is 19.8 Å². The van der Waals surface area contributed by atoms with E-state index >= 15 is 0 Å². The van der Waals surface area contributed by atoms with E-state index in [-0.39, 0.29) is 17.2 Å². The summed E-state index contributed by atoms with van der Waals surface area (Å²) in [5.74, 6) is -1.94. The van der Waals surface area contributed by atoms with Crippen molar-refractivity contribution in [3.05, 3.63) is 95.3 Å². The molecule has 1 amide bonds. The predicted molar refractivity (Wildman–Crippen MR) is 128 cm³/mol. The van der Waals surface area contributed by atoms with Gasteiger partial charge >= 0.3 is 0 Å². The van der Waals surface area contributed by atoms with Crippen LogP contribution in [0.3, 0.4) is 0 Å². The summed E-state index contributed by atoms with van der Waals surface area (Å²) in [5, 5.41) is 33.4. The van der Waals surface area contributed by atoms with E-state index in [1.807, 2.05) is 30.3 Å². The largest absolute Gasteiger partial charge is 0.479 e. The molecular formula is C27H27N3O4. The first-order valence-corrected chi connectivity index (χ1v) is 10.9. The Morgan fingerprint density at radius 3 is 2.41 bits per heavy atom. The fourth-order valence-corrected chi connectivity index (χ4v) is 5.41. The quantitative estimate of drug-likeness (QED) is 0.687. The Labute approximate surface area is 198 Å². The number of aliphatic hydroxyl groups is 2. The molecule has 5 atom stereocenters. The molecule has 2 N–H and O–H groups in total. The number of ether oxygens (including phenoxy) is 1. The molecule has 0 spiro atoms. The molecule has 0 radical (unpaired) electrons. The van der Waals surface area contributed by atoms with Crippen LogP contribution in [0.2, 0.25) is 0 Å². The molecule has 1 aliphatic heterocycles. The number of aliphatic hydroxyl groups excluding tert-OH is 1. The molecule has 0 unspecified atom stereocenters. The summed E-state index contributed by atoms with van der Waals surface area (Å²) in [6.45, 7) is 4.02. The average molecular weight is 458 g/mol. The summed E-state index contributed by atoms with van der Waals surface area (Å²) in [5.41, 5.74) is -1.66. The average Bonchev–Trinajstić information content (AvgIpc) is 3.19. The van der Waals surface area contributed by atoms with Gasteiger partial charge in [-0.3, -0.25) is 9.79 Å². The van der Waals surface area contributed by atoms with Gasteiger partial charge in [-0.2, -0.15) is 5.26 Å². The Hall–Kier alpha value is -3.73. The zero-order valence-electron chi connectivity index (χ0n) is 19.3. The van der Waals surface area contributed by atoms with Crippen LogP contribution >= 0.6 is 0 Å². The highest BCUT2D eigenvalue weighted by molar-refractivity contribution is 5.83. The van der Waals surface area contributed by atoms with Crippen LogP contribution in [-0.2, 0) is 15.1 Å². The highest BCUT2D eigenvalue weighted by atomic mass is 16.5. The number of hydrogen-bond acceptors (Lipinski definition) is 6. The maximum Gasteiger partial charge on any atom is 0.228 e. The summed E-state index contributed by atoms with van der Waals surface area (Å²) >= 11 is 0. The monoisotopic (exact) mass is 457 g/mol. The number of hydrogen-bond donors (Lipinski definition) is 2. The summed E-state index contributed by atoms with van der Waals surface area (Å²) in [6.07, 6.45) is 1.53. The van der Waals surface area contributed by atoms with E-state index < -0.39 is 29.1 Å². The predicted octanol–water partition coefficient (Wildman–Crippen LogP) is 2.52. The first kappa shape index (κ1) is 23.4. The molecule has 4 rings (SSSR count). The van der Waals surface area contributed by atoms with E-state index in [0.717, 1.165) is 5.56 Å². The van der Waals surface area contributed by atoms with Crippen LogP contribution in [0.25, 0.3) is 0 Å². The molecule has 2 aromatic carbocycles. The van der Waals surface area contributed by atoms with Crippen LogP contribution in [0, 0.1) is 17.2 Å². The van der Waals surface area contributed by atoms with E-state index in [1.54, 1.807) is 51.5 Å². The minimum Gasteiger partial charge on any atom is -0.479 e. The number of rotatable bonds is 4. The Bertz CT molecular complexity index is 1210. The molecule has 1 heterocycles. The van der Waals surface area contributed by atoms with E-state index in [2.05, 4.69) is 17.6 Å². The minimum absolute atomic E-state index is 0.183. The van der Waals surface area contributed by atoms with E-state index in [9.17, 15) is 20.3 Å². The zero-order valence-corrected chi connectivity index (χ0v) is 19.3. The lowest BCUT2D eigenvalue weighted by atomic mass is 9.70. The number of nitrogens with zero attached hydrogens (tertiary/aromatic N) is 3. The van der Waals surface area contributed by atoms with Gasteiger partial charge in [0, 0.05) is 38.8 Å². The van der Waals surface area contributed by atoms with Gasteiger partial charge in [0.15, 0.2) is 11.2 Å². The lowest BCUT2D eigenvalue weighted by molar-refractivity contribution is -0.141. The molecular weight excluding hydrogens is 430 g/mol.